The average Bonchev–Trinajstić information content (AvgIpc) is 2.85. The van der Waals surface area contributed by atoms with Crippen molar-refractivity contribution in [3.8, 4) is 11.5 Å². The van der Waals surface area contributed by atoms with Gasteiger partial charge in [-0.25, -0.2) is 0 Å². The molecule has 0 amide bonds. The summed E-state index contributed by atoms with van der Waals surface area (Å²) >= 11 is 0. The lowest BCUT2D eigenvalue weighted by Crippen LogP contribution is -2.61. The van der Waals surface area contributed by atoms with Crippen LogP contribution in [0, 0.1) is 0 Å². The van der Waals surface area contributed by atoms with Crippen LogP contribution in [0.5, 0.6) is 11.5 Å². The predicted molar refractivity (Wildman–Crippen MR) is 128 cm³/mol. The zero-order chi connectivity index (χ0) is 29.5. The number of halogens is 6. The molecule has 0 unspecified atom stereocenters. The summed E-state index contributed by atoms with van der Waals surface area (Å²) in [7, 11) is -14.0. The number of hydrogen-bond donors (Lipinski definition) is 1. The van der Waals surface area contributed by atoms with Crippen molar-refractivity contribution in [3.05, 3.63) is 66.2 Å². The van der Waals surface area contributed by atoms with E-state index in [0.717, 1.165) is 23.4 Å². The zero-order valence-corrected chi connectivity index (χ0v) is 21.7. The minimum Gasteiger partial charge on any atom is -0.494 e. The highest BCUT2D eigenvalue weighted by Gasteiger charge is 2.83. The van der Waals surface area contributed by atoms with Crippen LogP contribution in [0.3, 0.4) is 0 Å². The van der Waals surface area contributed by atoms with Crippen LogP contribution in [-0.4, -0.2) is 57.6 Å². The van der Waals surface area contributed by atoms with E-state index in [1.165, 1.54) is 12.1 Å². The van der Waals surface area contributed by atoms with E-state index in [0.29, 0.717) is 31.6 Å². The Morgan fingerprint density at radius 2 is 1.31 bits per heavy atom. The number of unbranched alkanes of at least 4 members (excludes halogenated alkanes) is 1. The van der Waals surface area contributed by atoms with Crippen molar-refractivity contribution in [1.82, 2.24) is 0 Å². The maximum atomic E-state index is 13.9. The van der Waals surface area contributed by atoms with E-state index in [4.69, 9.17) is 14.0 Å². The van der Waals surface area contributed by atoms with Crippen molar-refractivity contribution in [1.29, 1.82) is 0 Å². The first-order valence-corrected chi connectivity index (χ1v) is 13.9. The number of rotatable bonds is 16. The highest BCUT2D eigenvalue weighted by Crippen LogP contribution is 2.50. The van der Waals surface area contributed by atoms with Gasteiger partial charge >= 0.3 is 36.7 Å². The normalized spacial score (nSPS) is 13.2. The van der Waals surface area contributed by atoms with Gasteiger partial charge in [-0.2, -0.15) is 43.2 Å². The molecule has 0 saturated heterocycles. The van der Waals surface area contributed by atoms with Crippen molar-refractivity contribution < 1.29 is 61.4 Å². The van der Waals surface area contributed by atoms with Gasteiger partial charge in [-0.15, -0.1) is 0 Å². The third-order valence-corrected chi connectivity index (χ3v) is 7.30. The highest BCUT2D eigenvalue weighted by molar-refractivity contribution is 7.88. The smallest absolute Gasteiger partial charge is 0.450 e. The largest absolute Gasteiger partial charge is 0.494 e. The van der Waals surface area contributed by atoms with Crippen molar-refractivity contribution in [2.75, 3.05) is 19.8 Å². The lowest BCUT2D eigenvalue weighted by molar-refractivity contribution is -0.247. The Kier molecular flexibility index (Phi) is 10.4. The Hall–Kier alpha value is -2.82. The third kappa shape index (κ3) is 7.64. The van der Waals surface area contributed by atoms with Gasteiger partial charge in [-0.1, -0.05) is 36.9 Å². The maximum Gasteiger partial charge on any atom is 0.450 e. The molecular weight excluding hydrogens is 582 g/mol. The van der Waals surface area contributed by atoms with Crippen molar-refractivity contribution in [2.24, 2.45) is 0 Å². The first-order valence-electron chi connectivity index (χ1n) is 11.0. The molecule has 0 radical (unpaired) electrons. The Bertz CT molecular complexity index is 1310. The van der Waals surface area contributed by atoms with Crippen LogP contribution in [0.1, 0.15) is 24.0 Å². The van der Waals surface area contributed by atoms with Gasteiger partial charge in [0.05, 0.1) is 13.2 Å². The van der Waals surface area contributed by atoms with E-state index in [1.54, 1.807) is 6.08 Å². The van der Waals surface area contributed by atoms with E-state index < -0.39 is 42.4 Å². The van der Waals surface area contributed by atoms with E-state index in [-0.39, 0.29) is 13.0 Å². The van der Waals surface area contributed by atoms with Crippen LogP contribution >= 0.6 is 0 Å². The quantitative estimate of drug-likeness (QED) is 0.121. The molecule has 39 heavy (non-hydrogen) atoms. The second-order valence-corrected chi connectivity index (χ2v) is 11.0. The topological polar surface area (TPSA) is 116 Å². The van der Waals surface area contributed by atoms with Crippen molar-refractivity contribution >= 4 is 26.3 Å². The van der Waals surface area contributed by atoms with Crippen LogP contribution in [0.2, 0.25) is 0 Å². The molecule has 1 N–H and O–H groups in total. The second kappa shape index (κ2) is 12.6. The van der Waals surface area contributed by atoms with Crippen LogP contribution in [0.4, 0.5) is 26.3 Å². The highest BCUT2D eigenvalue weighted by atomic mass is 32.2. The molecule has 0 atom stereocenters. The maximum absolute atomic E-state index is 13.9. The third-order valence-electron chi connectivity index (χ3n) is 5.10. The molecule has 0 spiro atoms. The number of benzene rings is 2. The van der Waals surface area contributed by atoms with Gasteiger partial charge in [0.25, 0.3) is 0 Å². The minimum absolute atomic E-state index is 0.220. The molecule has 0 saturated carbocycles. The Morgan fingerprint density at radius 1 is 0.769 bits per heavy atom. The van der Waals surface area contributed by atoms with Crippen LogP contribution in [0.25, 0.3) is 6.08 Å². The number of alkyl halides is 6. The van der Waals surface area contributed by atoms with E-state index in [9.17, 15) is 43.2 Å². The van der Waals surface area contributed by atoms with Gasteiger partial charge in [0.2, 0.25) is 0 Å². The molecule has 0 bridgehead atoms. The predicted octanol–water partition coefficient (Wildman–Crippen LogP) is 5.17. The fourth-order valence-electron chi connectivity index (χ4n) is 2.87. The molecule has 0 aliphatic heterocycles. The Balaban J connectivity index is 1.81. The molecule has 2 aromatic carbocycles. The van der Waals surface area contributed by atoms with E-state index in [2.05, 4.69) is 10.8 Å². The van der Waals surface area contributed by atoms with E-state index >= 15 is 0 Å². The summed E-state index contributed by atoms with van der Waals surface area (Å²) in [5.41, 5.74) is 1.47. The minimum atomic E-state index is -7.12. The summed E-state index contributed by atoms with van der Waals surface area (Å²) < 4.78 is 149. The lowest BCUT2D eigenvalue weighted by atomic mass is 10.1. The molecule has 2 rings (SSSR count). The summed E-state index contributed by atoms with van der Waals surface area (Å²) in [4.78, 5) is 0. The summed E-state index contributed by atoms with van der Waals surface area (Å²) in [6.07, 6.45) is 3.40. The molecule has 0 aliphatic carbocycles. The van der Waals surface area contributed by atoms with Gasteiger partial charge in [0.1, 0.15) is 11.5 Å². The molecule has 218 valence electrons. The number of hydrogen-bond acceptors (Lipinski definition) is 7. The molecule has 0 aromatic heterocycles. The summed E-state index contributed by atoms with van der Waals surface area (Å²) in [5.74, 6) is -7.30. The average molecular weight is 607 g/mol. The summed E-state index contributed by atoms with van der Waals surface area (Å²) in [6, 6.07) is 11.3. The lowest BCUT2D eigenvalue weighted by Gasteiger charge is -2.29. The van der Waals surface area contributed by atoms with Gasteiger partial charge in [-0.3, -0.25) is 4.55 Å². The van der Waals surface area contributed by atoms with Crippen molar-refractivity contribution in [3.63, 3.8) is 0 Å². The number of ether oxygens (including phenoxy) is 2. The SMILES string of the molecule is C=Cc1ccc(OCCCCOCCc2ccc(OS(=O)(=O)C(F)(F)C(F)(F)C(F)(F)S(=O)(=O)O)cc2)cc1. The monoisotopic (exact) mass is 606 g/mol. The van der Waals surface area contributed by atoms with Gasteiger partial charge in [0.15, 0.2) is 0 Å². The van der Waals surface area contributed by atoms with Gasteiger partial charge in [0, 0.05) is 6.61 Å². The van der Waals surface area contributed by atoms with Crippen LogP contribution < -0.4 is 8.92 Å². The summed E-state index contributed by atoms with van der Waals surface area (Å²) in [5, 5.41) is -13.6. The molecule has 2 aromatic rings. The van der Waals surface area contributed by atoms with Gasteiger partial charge < -0.3 is 13.7 Å². The molecule has 0 fully saturated rings. The Morgan fingerprint density at radius 3 is 1.85 bits per heavy atom. The van der Waals surface area contributed by atoms with E-state index in [1.807, 2.05) is 24.3 Å². The first kappa shape index (κ1) is 32.4. The standard InChI is InChI=1S/C23H24F6O8S2/c1-2-17-5-9-19(10-6-17)36-15-4-3-14-35-16-13-18-7-11-20(12-8-18)37-39(33,34)23(28,29)21(24,25)22(26,27)38(30,31)32/h2,5-12H,1,3-4,13-16H2,(H,30,31,32). The molecule has 8 nitrogen and oxygen atoms in total. The molecule has 16 heteroatoms. The van der Waals surface area contributed by atoms with Gasteiger partial charge in [-0.05, 0) is 54.7 Å². The van der Waals surface area contributed by atoms with Crippen LogP contribution in [0.15, 0.2) is 55.1 Å². The molecule has 0 heterocycles. The summed E-state index contributed by atoms with van der Waals surface area (Å²) in [6.45, 7) is 4.75. The molecular formula is C23H24F6O8S2. The fourth-order valence-corrected chi connectivity index (χ4v) is 4.30. The van der Waals surface area contributed by atoms with Crippen molar-refractivity contribution in [2.45, 2.75) is 35.7 Å². The zero-order valence-electron chi connectivity index (χ0n) is 20.0. The molecule has 0 aliphatic rings. The Labute approximate surface area is 221 Å². The second-order valence-electron chi connectivity index (χ2n) is 7.96. The first-order chi connectivity index (χ1) is 18.0. The van der Waals surface area contributed by atoms with Crippen LogP contribution in [-0.2, 0) is 31.4 Å². The fraction of sp³-hybridized carbons (Fsp3) is 0.391.